The molecular formula is C26H52O5. The molecule has 0 amide bonds. The molecular weight excluding hydrogens is 392 g/mol. The van der Waals surface area contributed by atoms with E-state index >= 15 is 0 Å². The lowest BCUT2D eigenvalue weighted by atomic mass is 10.0. The SMILES string of the molecule is CCCCCCCCCCCCCCCCCCCCOC[C@@H](O)[C@@H]1OC[C@H](O)[C@@H]1O. The van der Waals surface area contributed by atoms with Gasteiger partial charge in [-0.15, -0.1) is 0 Å². The minimum absolute atomic E-state index is 0.0716. The zero-order valence-corrected chi connectivity index (χ0v) is 20.3. The molecule has 186 valence electrons. The Morgan fingerprint density at radius 3 is 1.52 bits per heavy atom. The maximum Gasteiger partial charge on any atom is 0.114 e. The quantitative estimate of drug-likeness (QED) is 0.191. The van der Waals surface area contributed by atoms with E-state index in [9.17, 15) is 15.3 Å². The topological polar surface area (TPSA) is 79.2 Å². The Hall–Kier alpha value is -0.200. The van der Waals surface area contributed by atoms with Gasteiger partial charge >= 0.3 is 0 Å². The van der Waals surface area contributed by atoms with E-state index in [1.54, 1.807) is 0 Å². The lowest BCUT2D eigenvalue weighted by Crippen LogP contribution is -2.40. The third kappa shape index (κ3) is 15.3. The Kier molecular flexibility index (Phi) is 19.0. The van der Waals surface area contributed by atoms with Crippen LogP contribution in [-0.2, 0) is 9.47 Å². The molecule has 1 saturated heterocycles. The highest BCUT2D eigenvalue weighted by Crippen LogP contribution is 2.18. The summed E-state index contributed by atoms with van der Waals surface area (Å²) >= 11 is 0. The van der Waals surface area contributed by atoms with Gasteiger partial charge in [0.2, 0.25) is 0 Å². The molecule has 0 aromatic heterocycles. The van der Waals surface area contributed by atoms with E-state index in [0.717, 1.165) is 12.8 Å². The summed E-state index contributed by atoms with van der Waals surface area (Å²) in [6, 6.07) is 0. The molecule has 31 heavy (non-hydrogen) atoms. The van der Waals surface area contributed by atoms with E-state index in [1.807, 2.05) is 0 Å². The van der Waals surface area contributed by atoms with Gasteiger partial charge < -0.3 is 24.8 Å². The molecule has 0 bridgehead atoms. The zero-order chi connectivity index (χ0) is 22.6. The molecule has 0 radical (unpaired) electrons. The molecule has 4 atom stereocenters. The van der Waals surface area contributed by atoms with Crippen molar-refractivity contribution in [2.45, 2.75) is 147 Å². The predicted octanol–water partition coefficient (Wildman–Crippen LogP) is 5.53. The largest absolute Gasteiger partial charge is 0.388 e. The highest BCUT2D eigenvalue weighted by atomic mass is 16.5. The Balaban J connectivity index is 1.72. The van der Waals surface area contributed by atoms with E-state index in [1.165, 1.54) is 103 Å². The molecule has 5 heteroatoms. The second-order valence-corrected chi connectivity index (χ2v) is 9.51. The van der Waals surface area contributed by atoms with Gasteiger partial charge in [0.25, 0.3) is 0 Å². The molecule has 0 aromatic carbocycles. The van der Waals surface area contributed by atoms with Crippen LogP contribution >= 0.6 is 0 Å². The van der Waals surface area contributed by atoms with Crippen molar-refractivity contribution >= 4 is 0 Å². The molecule has 1 rings (SSSR count). The number of aliphatic hydroxyl groups is 3. The van der Waals surface area contributed by atoms with Crippen LogP contribution in [0.15, 0.2) is 0 Å². The molecule has 1 fully saturated rings. The van der Waals surface area contributed by atoms with Gasteiger partial charge in [-0.1, -0.05) is 116 Å². The number of rotatable bonds is 22. The van der Waals surface area contributed by atoms with Gasteiger partial charge in [-0.2, -0.15) is 0 Å². The molecule has 5 nitrogen and oxygen atoms in total. The maximum absolute atomic E-state index is 9.97. The number of hydrogen-bond donors (Lipinski definition) is 3. The first-order valence-corrected chi connectivity index (χ1v) is 13.4. The van der Waals surface area contributed by atoms with Crippen molar-refractivity contribution < 1.29 is 24.8 Å². The number of hydrogen-bond acceptors (Lipinski definition) is 5. The van der Waals surface area contributed by atoms with Crippen LogP contribution < -0.4 is 0 Å². The fourth-order valence-corrected chi connectivity index (χ4v) is 4.37. The van der Waals surface area contributed by atoms with Crippen LogP contribution in [0.1, 0.15) is 122 Å². The fourth-order valence-electron chi connectivity index (χ4n) is 4.37. The van der Waals surface area contributed by atoms with Crippen molar-refractivity contribution in [2.75, 3.05) is 19.8 Å². The van der Waals surface area contributed by atoms with E-state index in [0.29, 0.717) is 6.61 Å². The number of ether oxygens (including phenoxy) is 2. The van der Waals surface area contributed by atoms with Crippen molar-refractivity contribution in [3.8, 4) is 0 Å². The Bertz CT molecular complexity index is 379. The lowest BCUT2D eigenvalue weighted by molar-refractivity contribution is -0.0813. The van der Waals surface area contributed by atoms with Gasteiger partial charge in [-0.3, -0.25) is 0 Å². The summed E-state index contributed by atoms with van der Waals surface area (Å²) in [7, 11) is 0. The van der Waals surface area contributed by atoms with Crippen LogP contribution in [0.3, 0.4) is 0 Å². The average molecular weight is 445 g/mol. The maximum atomic E-state index is 9.97. The minimum atomic E-state index is -1.02. The van der Waals surface area contributed by atoms with Crippen LogP contribution in [0.5, 0.6) is 0 Å². The Morgan fingerprint density at radius 1 is 0.710 bits per heavy atom. The van der Waals surface area contributed by atoms with Crippen molar-refractivity contribution in [2.24, 2.45) is 0 Å². The van der Waals surface area contributed by atoms with Crippen LogP contribution in [0.4, 0.5) is 0 Å². The molecule has 0 spiro atoms. The molecule has 0 unspecified atom stereocenters. The predicted molar refractivity (Wildman–Crippen MR) is 127 cm³/mol. The molecule has 0 aromatic rings. The molecule has 0 aliphatic carbocycles. The van der Waals surface area contributed by atoms with Gasteiger partial charge in [0.05, 0.1) is 13.2 Å². The van der Waals surface area contributed by atoms with Crippen LogP contribution in [-0.4, -0.2) is 59.6 Å². The molecule has 1 aliphatic heterocycles. The van der Waals surface area contributed by atoms with Crippen LogP contribution in [0, 0.1) is 0 Å². The lowest BCUT2D eigenvalue weighted by Gasteiger charge is -2.20. The number of unbranched alkanes of at least 4 members (excludes halogenated alkanes) is 17. The van der Waals surface area contributed by atoms with Crippen molar-refractivity contribution in [3.05, 3.63) is 0 Å². The number of aliphatic hydroxyl groups excluding tert-OH is 3. The highest BCUT2D eigenvalue weighted by molar-refractivity contribution is 4.87. The third-order valence-electron chi connectivity index (χ3n) is 6.50. The monoisotopic (exact) mass is 444 g/mol. The van der Waals surface area contributed by atoms with E-state index in [4.69, 9.17) is 9.47 Å². The summed E-state index contributed by atoms with van der Waals surface area (Å²) in [5.41, 5.74) is 0. The van der Waals surface area contributed by atoms with Crippen molar-refractivity contribution in [1.82, 2.24) is 0 Å². The first-order chi connectivity index (χ1) is 15.2. The van der Waals surface area contributed by atoms with Crippen LogP contribution in [0.25, 0.3) is 0 Å². The van der Waals surface area contributed by atoms with E-state index in [-0.39, 0.29) is 13.2 Å². The summed E-state index contributed by atoms with van der Waals surface area (Å²) in [5, 5.41) is 29.1. The summed E-state index contributed by atoms with van der Waals surface area (Å²) in [6.45, 7) is 3.12. The van der Waals surface area contributed by atoms with Crippen molar-refractivity contribution in [1.29, 1.82) is 0 Å². The Morgan fingerprint density at radius 2 is 1.13 bits per heavy atom. The van der Waals surface area contributed by atoms with E-state index in [2.05, 4.69) is 6.92 Å². The summed E-state index contributed by atoms with van der Waals surface area (Å²) < 4.78 is 10.7. The van der Waals surface area contributed by atoms with Crippen LogP contribution in [0.2, 0.25) is 0 Å². The summed E-state index contributed by atoms with van der Waals surface area (Å²) in [6.07, 6.45) is 20.9. The fraction of sp³-hybridized carbons (Fsp3) is 1.00. The van der Waals surface area contributed by atoms with Gasteiger partial charge in [-0.25, -0.2) is 0 Å². The summed E-state index contributed by atoms with van der Waals surface area (Å²) in [5.74, 6) is 0. The minimum Gasteiger partial charge on any atom is -0.388 e. The summed E-state index contributed by atoms with van der Waals surface area (Å²) in [4.78, 5) is 0. The normalized spacial score (nSPS) is 22.3. The smallest absolute Gasteiger partial charge is 0.114 e. The third-order valence-corrected chi connectivity index (χ3v) is 6.50. The first kappa shape index (κ1) is 28.8. The van der Waals surface area contributed by atoms with Gasteiger partial charge in [-0.05, 0) is 6.42 Å². The Labute approximate surface area is 191 Å². The highest BCUT2D eigenvalue weighted by Gasteiger charge is 2.39. The second-order valence-electron chi connectivity index (χ2n) is 9.51. The van der Waals surface area contributed by atoms with Crippen molar-refractivity contribution in [3.63, 3.8) is 0 Å². The van der Waals surface area contributed by atoms with Gasteiger partial charge in [0.15, 0.2) is 0 Å². The van der Waals surface area contributed by atoms with Gasteiger partial charge in [0.1, 0.15) is 24.4 Å². The zero-order valence-electron chi connectivity index (χ0n) is 20.3. The van der Waals surface area contributed by atoms with E-state index < -0.39 is 24.4 Å². The van der Waals surface area contributed by atoms with Gasteiger partial charge in [0, 0.05) is 6.61 Å². The first-order valence-electron chi connectivity index (χ1n) is 13.4. The molecule has 1 aliphatic rings. The standard InChI is InChI=1S/C26H52O5/c1-2-3-4-5-6-7-8-9-10-11-12-13-14-15-16-17-18-19-20-30-21-24(28)26-25(29)23(27)22-31-26/h23-29H,2-22H2,1H3/t23-,24+,25-,26-/m0/s1. The second kappa shape index (κ2) is 20.4. The average Bonchev–Trinajstić information content (AvgIpc) is 3.10. The molecule has 1 heterocycles. The molecule has 3 N–H and O–H groups in total. The molecule has 0 saturated carbocycles.